The van der Waals surface area contributed by atoms with Gasteiger partial charge in [0.05, 0.1) is 27.5 Å². The molecule has 2 atom stereocenters. The fourth-order valence-electron chi connectivity index (χ4n) is 3.69. The Kier molecular flexibility index (Phi) is 7.20. The number of nitro groups is 1. The van der Waals surface area contributed by atoms with Crippen LogP contribution in [0.3, 0.4) is 0 Å². The summed E-state index contributed by atoms with van der Waals surface area (Å²) in [6, 6.07) is 15.9. The average Bonchev–Trinajstić information content (AvgIpc) is 3.29. The summed E-state index contributed by atoms with van der Waals surface area (Å²) in [4.78, 5) is 10.7. The van der Waals surface area contributed by atoms with Gasteiger partial charge >= 0.3 is 0 Å². The van der Waals surface area contributed by atoms with Gasteiger partial charge in [-0.05, 0) is 42.0 Å². The number of benzene rings is 2. The van der Waals surface area contributed by atoms with Crippen molar-refractivity contribution in [1.82, 2.24) is 5.01 Å². The first-order valence-electron chi connectivity index (χ1n) is 10.4. The number of hydrazone groups is 1. The molecule has 0 N–H and O–H groups in total. The molecule has 0 radical (unpaired) electrons. The van der Waals surface area contributed by atoms with Crippen molar-refractivity contribution in [1.29, 1.82) is 0 Å². The number of thioether (sulfide) groups is 1. The summed E-state index contributed by atoms with van der Waals surface area (Å²) in [6.45, 7) is 0.379. The Bertz CT molecular complexity index is 1310. The fourth-order valence-corrected chi connectivity index (χ4v) is 5.74. The monoisotopic (exact) mass is 516 g/mol. The van der Waals surface area contributed by atoms with Gasteiger partial charge in [-0.1, -0.05) is 54.2 Å². The van der Waals surface area contributed by atoms with Crippen molar-refractivity contribution in [2.75, 3.05) is 12.8 Å². The molecular formula is C23H21ClN4O4S2. The highest BCUT2D eigenvalue weighted by atomic mass is 35.5. The normalized spacial score (nSPS) is 20.8. The molecule has 176 valence electrons. The van der Waals surface area contributed by atoms with Crippen LogP contribution < -0.4 is 0 Å². The van der Waals surface area contributed by atoms with Gasteiger partial charge in [-0.3, -0.25) is 10.1 Å². The summed E-state index contributed by atoms with van der Waals surface area (Å²) in [7, 11) is -3.94. The minimum atomic E-state index is -3.94. The van der Waals surface area contributed by atoms with E-state index in [0.717, 1.165) is 11.1 Å². The molecule has 0 saturated carbocycles. The maximum absolute atomic E-state index is 12.9. The number of non-ortho nitro benzene ring substituents is 1. The highest BCUT2D eigenvalue weighted by Crippen LogP contribution is 2.31. The molecule has 34 heavy (non-hydrogen) atoms. The molecule has 1 aliphatic carbocycles. The van der Waals surface area contributed by atoms with Crippen LogP contribution in [0.1, 0.15) is 23.5 Å². The van der Waals surface area contributed by atoms with Gasteiger partial charge in [0.25, 0.3) is 15.7 Å². The largest absolute Gasteiger partial charge is 0.284 e. The molecule has 8 nitrogen and oxygen atoms in total. The quantitative estimate of drug-likeness (QED) is 0.184. The maximum atomic E-state index is 12.9. The van der Waals surface area contributed by atoms with E-state index in [1.807, 2.05) is 30.3 Å². The molecule has 0 spiro atoms. The zero-order chi connectivity index (χ0) is 24.3. The van der Waals surface area contributed by atoms with Crippen molar-refractivity contribution in [3.63, 3.8) is 0 Å². The average molecular weight is 517 g/mol. The van der Waals surface area contributed by atoms with E-state index < -0.39 is 14.9 Å². The van der Waals surface area contributed by atoms with Crippen LogP contribution in [0.4, 0.5) is 5.69 Å². The summed E-state index contributed by atoms with van der Waals surface area (Å²) in [5.74, 6) is -0.173. The van der Waals surface area contributed by atoms with Crippen LogP contribution in [0.15, 0.2) is 87.2 Å². The van der Waals surface area contributed by atoms with Gasteiger partial charge in [0.1, 0.15) is 0 Å². The summed E-state index contributed by atoms with van der Waals surface area (Å²) in [5.41, 5.74) is 2.38. The van der Waals surface area contributed by atoms with Crippen molar-refractivity contribution < 1.29 is 13.3 Å². The van der Waals surface area contributed by atoms with Crippen LogP contribution >= 0.6 is 23.4 Å². The van der Waals surface area contributed by atoms with Gasteiger partial charge in [-0.25, -0.2) is 5.01 Å². The second kappa shape index (κ2) is 10.1. The minimum Gasteiger partial charge on any atom is -0.258 e. The Morgan fingerprint density at radius 1 is 1.21 bits per heavy atom. The van der Waals surface area contributed by atoms with Crippen LogP contribution in [-0.2, 0) is 10.0 Å². The highest BCUT2D eigenvalue weighted by Gasteiger charge is 2.32. The van der Waals surface area contributed by atoms with E-state index in [4.69, 9.17) is 16.7 Å². The Hall–Kier alpha value is -2.95. The van der Waals surface area contributed by atoms with Crippen molar-refractivity contribution >= 4 is 50.0 Å². The van der Waals surface area contributed by atoms with Crippen LogP contribution in [0.5, 0.6) is 0 Å². The molecule has 0 fully saturated rings. The standard InChI is InChI=1S/C23H21ClN4O4S2/c1-33-23(26-34(31,32)20-13-9-18(24)10-14-20)27-15-21(16-5-3-2-4-6-16)22(25-27)17-7-11-19(12-8-17)28(29)30/h2-9,11-14,18,21H,10,15H2,1H3. The van der Waals surface area contributed by atoms with E-state index in [1.54, 1.807) is 35.5 Å². The van der Waals surface area contributed by atoms with Crippen LogP contribution in [0.25, 0.3) is 0 Å². The zero-order valence-electron chi connectivity index (χ0n) is 18.1. The lowest BCUT2D eigenvalue weighted by Gasteiger charge is -2.17. The predicted octanol–water partition coefficient (Wildman–Crippen LogP) is 4.90. The first-order valence-corrected chi connectivity index (χ1v) is 13.5. The number of nitro benzene ring substituents is 1. The van der Waals surface area contributed by atoms with Gasteiger partial charge < -0.3 is 0 Å². The number of sulfonamides is 1. The maximum Gasteiger partial charge on any atom is 0.284 e. The van der Waals surface area contributed by atoms with Crippen molar-refractivity contribution in [3.05, 3.63) is 99.0 Å². The van der Waals surface area contributed by atoms with Crippen molar-refractivity contribution in [2.24, 2.45) is 9.50 Å². The number of alkyl halides is 1. The molecular weight excluding hydrogens is 496 g/mol. The smallest absolute Gasteiger partial charge is 0.258 e. The van der Waals surface area contributed by atoms with Crippen LogP contribution in [0, 0.1) is 10.1 Å². The van der Waals surface area contributed by atoms with E-state index in [0.29, 0.717) is 18.7 Å². The lowest BCUT2D eigenvalue weighted by Crippen LogP contribution is -2.24. The summed E-state index contributed by atoms with van der Waals surface area (Å²) in [6.07, 6.45) is 6.83. The van der Waals surface area contributed by atoms with E-state index >= 15 is 0 Å². The molecule has 11 heteroatoms. The Morgan fingerprint density at radius 2 is 1.91 bits per heavy atom. The molecule has 0 amide bonds. The second-order valence-electron chi connectivity index (χ2n) is 7.60. The molecule has 0 aromatic heterocycles. The molecule has 2 aromatic rings. The van der Waals surface area contributed by atoms with Gasteiger partial charge in [0.15, 0.2) is 5.17 Å². The number of allylic oxidation sites excluding steroid dienone is 3. The topological polar surface area (TPSA) is 105 Å². The minimum absolute atomic E-state index is 0.0130. The van der Waals surface area contributed by atoms with Gasteiger partial charge in [-0.15, -0.1) is 16.0 Å². The molecule has 2 aromatic carbocycles. The number of halogens is 1. The number of nitrogens with zero attached hydrogens (tertiary/aromatic N) is 4. The number of hydrogen-bond donors (Lipinski definition) is 0. The molecule has 2 aliphatic rings. The second-order valence-corrected chi connectivity index (χ2v) is 10.5. The van der Waals surface area contributed by atoms with E-state index in [2.05, 4.69) is 4.40 Å². The summed E-state index contributed by atoms with van der Waals surface area (Å²) >= 11 is 7.20. The third-order valence-corrected chi connectivity index (χ3v) is 7.82. The zero-order valence-corrected chi connectivity index (χ0v) is 20.5. The highest BCUT2D eigenvalue weighted by molar-refractivity contribution is 8.14. The molecule has 4 rings (SSSR count). The number of amidine groups is 1. The van der Waals surface area contributed by atoms with E-state index in [-0.39, 0.29) is 27.1 Å². The van der Waals surface area contributed by atoms with Gasteiger partial charge in [0.2, 0.25) is 0 Å². The van der Waals surface area contributed by atoms with Gasteiger partial charge in [0, 0.05) is 18.1 Å². The Labute approximate surface area is 206 Å². The van der Waals surface area contributed by atoms with Crippen molar-refractivity contribution in [3.8, 4) is 0 Å². The fraction of sp³-hybridized carbons (Fsp3) is 0.217. The lowest BCUT2D eigenvalue weighted by atomic mass is 9.90. The molecule has 0 saturated heterocycles. The Balaban J connectivity index is 1.71. The lowest BCUT2D eigenvalue weighted by molar-refractivity contribution is -0.384. The van der Waals surface area contributed by atoms with Crippen LogP contribution in [0.2, 0.25) is 0 Å². The summed E-state index contributed by atoms with van der Waals surface area (Å²) in [5, 5.41) is 17.3. The van der Waals surface area contributed by atoms with Gasteiger partial charge in [-0.2, -0.15) is 13.5 Å². The van der Waals surface area contributed by atoms with Crippen molar-refractivity contribution in [2.45, 2.75) is 17.7 Å². The number of hydrogen-bond acceptors (Lipinski definition) is 6. The third-order valence-electron chi connectivity index (χ3n) is 5.40. The predicted molar refractivity (Wildman–Crippen MR) is 137 cm³/mol. The first kappa shape index (κ1) is 24.2. The molecule has 1 aliphatic heterocycles. The van der Waals surface area contributed by atoms with E-state index in [9.17, 15) is 18.5 Å². The molecule has 1 heterocycles. The summed E-state index contributed by atoms with van der Waals surface area (Å²) < 4.78 is 29.9. The molecule has 0 bridgehead atoms. The SMILES string of the molecule is CSC(=NS(=O)(=O)C1=CCC(Cl)C=C1)N1CC(c2ccccc2)C(c2ccc([N+](=O)[O-])cc2)=N1. The first-order chi connectivity index (χ1) is 16.3. The molecule has 2 unspecified atom stereocenters. The Morgan fingerprint density at radius 3 is 2.50 bits per heavy atom. The van der Waals surface area contributed by atoms with E-state index in [1.165, 1.54) is 30.0 Å². The number of rotatable bonds is 5. The van der Waals surface area contributed by atoms with Crippen LogP contribution in [-0.4, -0.2) is 47.4 Å². The third kappa shape index (κ3) is 5.24.